The van der Waals surface area contributed by atoms with E-state index in [0.717, 1.165) is 0 Å². The summed E-state index contributed by atoms with van der Waals surface area (Å²) >= 11 is 11.7. The normalized spacial score (nSPS) is 11.3. The molecule has 29 heavy (non-hydrogen) atoms. The van der Waals surface area contributed by atoms with Crippen molar-refractivity contribution in [3.05, 3.63) is 58.1 Å². The van der Waals surface area contributed by atoms with E-state index in [1.165, 1.54) is 46.8 Å². The first-order valence-electron chi connectivity index (χ1n) is 8.71. The molecule has 0 saturated carbocycles. The Balaban J connectivity index is 2.03. The zero-order chi connectivity index (χ0) is 21.6. The molecule has 0 saturated heterocycles. The van der Waals surface area contributed by atoms with Gasteiger partial charge in [0.1, 0.15) is 0 Å². The van der Waals surface area contributed by atoms with Crippen molar-refractivity contribution < 1.29 is 22.7 Å². The maximum Gasteiger partial charge on any atom is 0.340 e. The first-order valence-corrected chi connectivity index (χ1v) is 10.9. The van der Waals surface area contributed by atoms with E-state index in [1.807, 2.05) is 0 Å². The third-order valence-corrected chi connectivity index (χ3v) is 6.54. The van der Waals surface area contributed by atoms with Crippen molar-refractivity contribution >= 4 is 50.8 Å². The number of esters is 1. The van der Waals surface area contributed by atoms with Crippen LogP contribution in [0.25, 0.3) is 0 Å². The minimum absolute atomic E-state index is 0.0592. The second-order valence-electron chi connectivity index (χ2n) is 5.87. The van der Waals surface area contributed by atoms with Crippen molar-refractivity contribution in [2.75, 3.05) is 25.0 Å². The van der Waals surface area contributed by atoms with Gasteiger partial charge in [-0.1, -0.05) is 43.1 Å². The van der Waals surface area contributed by atoms with Gasteiger partial charge in [0, 0.05) is 23.8 Å². The summed E-state index contributed by atoms with van der Waals surface area (Å²) in [6.07, 6.45) is 0. The molecule has 0 atom stereocenters. The third-order valence-electron chi connectivity index (χ3n) is 3.95. The molecule has 0 fully saturated rings. The Hall–Kier alpha value is -2.13. The highest BCUT2D eigenvalue weighted by molar-refractivity contribution is 7.89. The lowest BCUT2D eigenvalue weighted by molar-refractivity contribution is -0.119. The van der Waals surface area contributed by atoms with Crippen LogP contribution in [0.2, 0.25) is 10.0 Å². The molecule has 2 aromatic rings. The summed E-state index contributed by atoms with van der Waals surface area (Å²) < 4.78 is 31.4. The molecule has 1 amide bonds. The minimum atomic E-state index is -3.66. The lowest BCUT2D eigenvalue weighted by atomic mass is 10.2. The molecule has 2 aromatic carbocycles. The van der Waals surface area contributed by atoms with Crippen molar-refractivity contribution in [2.24, 2.45) is 0 Å². The minimum Gasteiger partial charge on any atom is -0.452 e. The summed E-state index contributed by atoms with van der Waals surface area (Å²) in [5.41, 5.74) is 0.347. The van der Waals surface area contributed by atoms with Crippen LogP contribution >= 0.6 is 23.2 Å². The Morgan fingerprint density at radius 1 is 1.07 bits per heavy atom. The number of hydrogen-bond donors (Lipinski definition) is 1. The van der Waals surface area contributed by atoms with Crippen LogP contribution in [0.4, 0.5) is 5.69 Å². The highest BCUT2D eigenvalue weighted by Crippen LogP contribution is 2.22. The SMILES string of the molecule is CCN(CC)S(=O)(=O)c1cccc(NC(=O)COC(=O)c2ccc(Cl)cc2Cl)c1. The first kappa shape index (κ1) is 23.2. The van der Waals surface area contributed by atoms with Gasteiger partial charge in [-0.15, -0.1) is 0 Å². The summed E-state index contributed by atoms with van der Waals surface area (Å²) in [6.45, 7) is 3.59. The zero-order valence-electron chi connectivity index (χ0n) is 15.8. The van der Waals surface area contributed by atoms with Crippen LogP contribution in [0.3, 0.4) is 0 Å². The summed E-state index contributed by atoms with van der Waals surface area (Å²) in [6, 6.07) is 10.1. The Morgan fingerprint density at radius 2 is 1.76 bits per heavy atom. The van der Waals surface area contributed by atoms with E-state index in [1.54, 1.807) is 13.8 Å². The van der Waals surface area contributed by atoms with Crippen LogP contribution in [0, 0.1) is 0 Å². The van der Waals surface area contributed by atoms with Gasteiger partial charge in [0.2, 0.25) is 10.0 Å². The van der Waals surface area contributed by atoms with E-state index in [4.69, 9.17) is 27.9 Å². The van der Waals surface area contributed by atoms with Gasteiger partial charge in [-0.2, -0.15) is 4.31 Å². The number of amides is 1. The summed E-state index contributed by atoms with van der Waals surface area (Å²) in [5.74, 6) is -1.40. The highest BCUT2D eigenvalue weighted by atomic mass is 35.5. The van der Waals surface area contributed by atoms with Crippen LogP contribution in [0.1, 0.15) is 24.2 Å². The molecule has 0 radical (unpaired) electrons. The van der Waals surface area contributed by atoms with Crippen molar-refractivity contribution in [3.8, 4) is 0 Å². The number of nitrogens with one attached hydrogen (secondary N) is 1. The number of ether oxygens (including phenoxy) is 1. The van der Waals surface area contributed by atoms with Crippen LogP contribution < -0.4 is 5.32 Å². The van der Waals surface area contributed by atoms with Crippen molar-refractivity contribution in [1.29, 1.82) is 0 Å². The third kappa shape index (κ3) is 5.93. The van der Waals surface area contributed by atoms with Crippen LogP contribution in [0.5, 0.6) is 0 Å². The fourth-order valence-electron chi connectivity index (χ4n) is 2.51. The van der Waals surface area contributed by atoms with Gasteiger partial charge in [0.25, 0.3) is 5.91 Å². The molecule has 0 aliphatic rings. The van der Waals surface area contributed by atoms with E-state index < -0.39 is 28.5 Å². The number of rotatable bonds is 8. The highest BCUT2D eigenvalue weighted by Gasteiger charge is 2.22. The van der Waals surface area contributed by atoms with E-state index in [2.05, 4.69) is 5.32 Å². The van der Waals surface area contributed by atoms with Crippen molar-refractivity contribution in [2.45, 2.75) is 18.7 Å². The topological polar surface area (TPSA) is 92.8 Å². The molecule has 7 nitrogen and oxygen atoms in total. The van der Waals surface area contributed by atoms with Crippen molar-refractivity contribution in [1.82, 2.24) is 4.31 Å². The number of halogens is 2. The number of benzene rings is 2. The molecule has 10 heteroatoms. The zero-order valence-corrected chi connectivity index (χ0v) is 18.1. The average molecular weight is 459 g/mol. The summed E-state index contributed by atoms with van der Waals surface area (Å²) in [5, 5.41) is 2.98. The molecule has 0 aliphatic carbocycles. The number of nitrogens with zero attached hydrogens (tertiary/aromatic N) is 1. The molecule has 1 N–H and O–H groups in total. The van der Waals surface area contributed by atoms with Crippen LogP contribution in [-0.2, 0) is 19.6 Å². The smallest absolute Gasteiger partial charge is 0.340 e. The Morgan fingerprint density at radius 3 is 2.38 bits per heavy atom. The molecule has 0 heterocycles. The fourth-order valence-corrected chi connectivity index (χ4v) is 4.50. The second-order valence-corrected chi connectivity index (χ2v) is 8.65. The number of anilines is 1. The van der Waals surface area contributed by atoms with E-state index >= 15 is 0 Å². The van der Waals surface area contributed by atoms with Gasteiger partial charge in [-0.05, 0) is 36.4 Å². The van der Waals surface area contributed by atoms with Gasteiger partial charge in [-0.3, -0.25) is 4.79 Å². The Labute approximate surface area is 179 Å². The van der Waals surface area contributed by atoms with Crippen LogP contribution in [-0.4, -0.2) is 44.3 Å². The molecule has 0 unspecified atom stereocenters. The average Bonchev–Trinajstić information content (AvgIpc) is 2.67. The molecule has 0 spiro atoms. The molecular weight excluding hydrogens is 439 g/mol. The summed E-state index contributed by atoms with van der Waals surface area (Å²) in [4.78, 5) is 24.2. The fraction of sp³-hybridized carbons (Fsp3) is 0.263. The summed E-state index contributed by atoms with van der Waals surface area (Å²) in [7, 11) is -3.66. The molecule has 2 rings (SSSR count). The first-order chi connectivity index (χ1) is 13.7. The predicted octanol–water partition coefficient (Wildman–Crippen LogP) is 3.82. The van der Waals surface area contributed by atoms with Gasteiger partial charge < -0.3 is 10.1 Å². The number of carbonyl (C=O) groups excluding carboxylic acids is 2. The molecular formula is C19H20Cl2N2O5S. The van der Waals surface area contributed by atoms with Gasteiger partial charge in [-0.25, -0.2) is 13.2 Å². The lowest BCUT2D eigenvalue weighted by Gasteiger charge is -2.18. The largest absolute Gasteiger partial charge is 0.452 e. The van der Waals surface area contributed by atoms with Gasteiger partial charge >= 0.3 is 5.97 Å². The van der Waals surface area contributed by atoms with E-state index in [-0.39, 0.29) is 21.2 Å². The number of sulfonamides is 1. The molecule has 0 aliphatic heterocycles. The van der Waals surface area contributed by atoms with E-state index in [0.29, 0.717) is 18.1 Å². The second kappa shape index (κ2) is 10.1. The van der Waals surface area contributed by atoms with Gasteiger partial charge in [0.05, 0.1) is 15.5 Å². The molecule has 0 bridgehead atoms. The quantitative estimate of drug-likeness (QED) is 0.606. The number of hydrogen-bond acceptors (Lipinski definition) is 5. The lowest BCUT2D eigenvalue weighted by Crippen LogP contribution is -2.30. The maximum atomic E-state index is 12.6. The maximum absolute atomic E-state index is 12.6. The Kier molecular flexibility index (Phi) is 8.04. The van der Waals surface area contributed by atoms with Gasteiger partial charge in [0.15, 0.2) is 6.61 Å². The predicted molar refractivity (Wildman–Crippen MR) is 112 cm³/mol. The van der Waals surface area contributed by atoms with E-state index in [9.17, 15) is 18.0 Å². The molecule has 0 aromatic heterocycles. The standard InChI is InChI=1S/C19H20Cl2N2O5S/c1-3-23(4-2)29(26,27)15-7-5-6-14(11-15)22-18(24)12-28-19(25)16-9-8-13(20)10-17(16)21/h5-11H,3-4,12H2,1-2H3,(H,22,24). The Bertz CT molecular complexity index is 1010. The number of carbonyl (C=O) groups is 2. The van der Waals surface area contributed by atoms with Crippen LogP contribution in [0.15, 0.2) is 47.4 Å². The molecule has 156 valence electrons. The van der Waals surface area contributed by atoms with Crippen molar-refractivity contribution in [3.63, 3.8) is 0 Å². The monoisotopic (exact) mass is 458 g/mol.